The molecule has 1 aliphatic carbocycles. The molecule has 0 aliphatic heterocycles. The summed E-state index contributed by atoms with van der Waals surface area (Å²) in [6.07, 6.45) is 2.41. The summed E-state index contributed by atoms with van der Waals surface area (Å²) in [7, 11) is 4.02. The number of hydrogen-bond acceptors (Lipinski definition) is 3. The molecule has 2 atom stereocenters. The Kier molecular flexibility index (Phi) is 3.50. The minimum Gasteiger partial charge on any atom is -0.480 e. The smallest absolute Gasteiger partial charge is 0.323 e. The molecule has 1 fully saturated rings. The second-order valence-corrected chi connectivity index (χ2v) is 4.28. The lowest BCUT2D eigenvalue weighted by Crippen LogP contribution is -2.50. The molecular formula is C10H20N2O2. The summed E-state index contributed by atoms with van der Waals surface area (Å²) in [6.45, 7) is 2.67. The van der Waals surface area contributed by atoms with Crippen molar-refractivity contribution in [3.05, 3.63) is 0 Å². The first kappa shape index (κ1) is 11.5. The molecule has 0 heterocycles. The number of carboxylic acids is 1. The number of carbonyl (C=O) groups is 1. The van der Waals surface area contributed by atoms with E-state index in [1.165, 1.54) is 0 Å². The Labute approximate surface area is 85.3 Å². The molecule has 4 nitrogen and oxygen atoms in total. The predicted octanol–water partition coefficient (Wildman–Crippen LogP) is 0.533. The van der Waals surface area contributed by atoms with Crippen molar-refractivity contribution in [1.29, 1.82) is 0 Å². The number of carboxylic acid groups (broad SMARTS) is 1. The molecule has 0 bridgehead atoms. The summed E-state index contributed by atoms with van der Waals surface area (Å²) in [4.78, 5) is 13.3. The van der Waals surface area contributed by atoms with Crippen LogP contribution in [0.15, 0.2) is 0 Å². The van der Waals surface area contributed by atoms with Gasteiger partial charge in [-0.3, -0.25) is 4.79 Å². The van der Waals surface area contributed by atoms with Crippen molar-refractivity contribution in [3.63, 3.8) is 0 Å². The van der Waals surface area contributed by atoms with E-state index in [0.29, 0.717) is 19.0 Å². The van der Waals surface area contributed by atoms with E-state index >= 15 is 0 Å². The van der Waals surface area contributed by atoms with E-state index in [-0.39, 0.29) is 0 Å². The SMILES string of the molecule is CCNC1(C(=O)O)CCC(N(C)C)C1. The molecule has 0 saturated heterocycles. The van der Waals surface area contributed by atoms with Gasteiger partial charge < -0.3 is 15.3 Å². The summed E-state index contributed by atoms with van der Waals surface area (Å²) in [5, 5.41) is 12.3. The molecular weight excluding hydrogens is 180 g/mol. The first-order valence-corrected chi connectivity index (χ1v) is 5.16. The van der Waals surface area contributed by atoms with Crippen molar-refractivity contribution in [2.24, 2.45) is 0 Å². The van der Waals surface area contributed by atoms with Gasteiger partial charge in [-0.25, -0.2) is 0 Å². The van der Waals surface area contributed by atoms with Crippen molar-refractivity contribution in [2.45, 2.75) is 37.8 Å². The first-order chi connectivity index (χ1) is 6.52. The fourth-order valence-electron chi connectivity index (χ4n) is 2.23. The third-order valence-corrected chi connectivity index (χ3v) is 3.14. The van der Waals surface area contributed by atoms with Crippen LogP contribution >= 0.6 is 0 Å². The van der Waals surface area contributed by atoms with Crippen LogP contribution in [-0.4, -0.2) is 48.2 Å². The molecule has 2 N–H and O–H groups in total. The van der Waals surface area contributed by atoms with Crippen LogP contribution in [0.4, 0.5) is 0 Å². The van der Waals surface area contributed by atoms with Gasteiger partial charge in [-0.05, 0) is 39.9 Å². The Bertz CT molecular complexity index is 218. The van der Waals surface area contributed by atoms with Crippen LogP contribution in [0.3, 0.4) is 0 Å². The third kappa shape index (κ3) is 2.07. The number of likely N-dealkylation sites (N-methyl/N-ethyl adjacent to an activating group) is 1. The van der Waals surface area contributed by atoms with E-state index in [2.05, 4.69) is 10.2 Å². The van der Waals surface area contributed by atoms with Gasteiger partial charge in [0.25, 0.3) is 0 Å². The van der Waals surface area contributed by atoms with E-state index in [0.717, 1.165) is 12.8 Å². The average molecular weight is 200 g/mol. The topological polar surface area (TPSA) is 52.6 Å². The van der Waals surface area contributed by atoms with Crippen molar-refractivity contribution < 1.29 is 9.90 Å². The zero-order valence-electron chi connectivity index (χ0n) is 9.21. The second kappa shape index (κ2) is 4.28. The quantitative estimate of drug-likeness (QED) is 0.695. The molecule has 1 rings (SSSR count). The van der Waals surface area contributed by atoms with Gasteiger partial charge in [0.05, 0.1) is 0 Å². The maximum atomic E-state index is 11.2. The van der Waals surface area contributed by atoms with Crippen LogP contribution in [0.2, 0.25) is 0 Å². The predicted molar refractivity (Wildman–Crippen MR) is 55.4 cm³/mol. The number of hydrogen-bond donors (Lipinski definition) is 2. The normalized spacial score (nSPS) is 32.4. The van der Waals surface area contributed by atoms with E-state index in [9.17, 15) is 9.90 Å². The Morgan fingerprint density at radius 2 is 2.29 bits per heavy atom. The summed E-state index contributed by atoms with van der Waals surface area (Å²) in [5.41, 5.74) is -0.677. The Morgan fingerprint density at radius 1 is 1.64 bits per heavy atom. The zero-order chi connectivity index (χ0) is 10.8. The van der Waals surface area contributed by atoms with Gasteiger partial charge in [-0.2, -0.15) is 0 Å². The highest BCUT2D eigenvalue weighted by molar-refractivity contribution is 5.79. The average Bonchev–Trinajstić information content (AvgIpc) is 2.50. The van der Waals surface area contributed by atoms with Gasteiger partial charge in [0, 0.05) is 6.04 Å². The van der Waals surface area contributed by atoms with Crippen LogP contribution in [0.5, 0.6) is 0 Å². The first-order valence-electron chi connectivity index (χ1n) is 5.16. The van der Waals surface area contributed by atoms with Gasteiger partial charge in [0.15, 0.2) is 0 Å². The van der Waals surface area contributed by atoms with E-state index in [1.54, 1.807) is 0 Å². The maximum absolute atomic E-state index is 11.2. The van der Waals surface area contributed by atoms with Crippen molar-refractivity contribution in [3.8, 4) is 0 Å². The molecule has 0 radical (unpaired) electrons. The summed E-state index contributed by atoms with van der Waals surface area (Å²) >= 11 is 0. The Hall–Kier alpha value is -0.610. The second-order valence-electron chi connectivity index (χ2n) is 4.28. The van der Waals surface area contributed by atoms with Crippen LogP contribution in [-0.2, 0) is 4.79 Å². The lowest BCUT2D eigenvalue weighted by molar-refractivity contribution is -0.144. The van der Waals surface area contributed by atoms with Crippen LogP contribution in [0.25, 0.3) is 0 Å². The summed E-state index contributed by atoms with van der Waals surface area (Å²) < 4.78 is 0. The number of aliphatic carboxylic acids is 1. The molecule has 1 aliphatic rings. The van der Waals surface area contributed by atoms with Crippen molar-refractivity contribution in [2.75, 3.05) is 20.6 Å². The molecule has 14 heavy (non-hydrogen) atoms. The van der Waals surface area contributed by atoms with E-state index in [1.807, 2.05) is 21.0 Å². The highest BCUT2D eigenvalue weighted by Crippen LogP contribution is 2.32. The van der Waals surface area contributed by atoms with E-state index < -0.39 is 11.5 Å². The van der Waals surface area contributed by atoms with Gasteiger partial charge in [0.1, 0.15) is 5.54 Å². The molecule has 2 unspecified atom stereocenters. The molecule has 0 aromatic heterocycles. The molecule has 1 saturated carbocycles. The van der Waals surface area contributed by atoms with Crippen molar-refractivity contribution in [1.82, 2.24) is 10.2 Å². The van der Waals surface area contributed by atoms with Crippen LogP contribution in [0.1, 0.15) is 26.2 Å². The highest BCUT2D eigenvalue weighted by atomic mass is 16.4. The fourth-order valence-corrected chi connectivity index (χ4v) is 2.23. The van der Waals surface area contributed by atoms with Gasteiger partial charge in [-0.15, -0.1) is 0 Å². The number of nitrogens with one attached hydrogen (secondary N) is 1. The Balaban J connectivity index is 2.69. The number of nitrogens with zero attached hydrogens (tertiary/aromatic N) is 1. The van der Waals surface area contributed by atoms with Gasteiger partial charge >= 0.3 is 5.97 Å². The molecule has 0 aromatic carbocycles. The summed E-state index contributed by atoms with van der Waals surface area (Å²) in [6, 6.07) is 0.394. The lowest BCUT2D eigenvalue weighted by Gasteiger charge is -2.26. The van der Waals surface area contributed by atoms with E-state index in [4.69, 9.17) is 0 Å². The highest BCUT2D eigenvalue weighted by Gasteiger charge is 2.45. The van der Waals surface area contributed by atoms with Crippen LogP contribution < -0.4 is 5.32 Å². The maximum Gasteiger partial charge on any atom is 0.323 e. The standard InChI is InChI=1S/C10H20N2O2/c1-4-11-10(9(13)14)6-5-8(7-10)12(2)3/h8,11H,4-7H2,1-3H3,(H,13,14). The molecule has 0 aromatic rings. The van der Waals surface area contributed by atoms with Gasteiger partial charge in [-0.1, -0.05) is 6.92 Å². The monoisotopic (exact) mass is 200 g/mol. The molecule has 82 valence electrons. The fraction of sp³-hybridized carbons (Fsp3) is 0.900. The lowest BCUT2D eigenvalue weighted by atomic mass is 9.97. The molecule has 0 spiro atoms. The molecule has 0 amide bonds. The third-order valence-electron chi connectivity index (χ3n) is 3.14. The largest absolute Gasteiger partial charge is 0.480 e. The summed E-state index contributed by atoms with van der Waals surface area (Å²) in [5.74, 6) is -0.705. The van der Waals surface area contributed by atoms with Crippen LogP contribution in [0, 0.1) is 0 Å². The van der Waals surface area contributed by atoms with Crippen molar-refractivity contribution >= 4 is 5.97 Å². The zero-order valence-corrected chi connectivity index (χ0v) is 9.21. The molecule has 4 heteroatoms. The minimum absolute atomic E-state index is 0.394. The number of rotatable bonds is 4. The van der Waals surface area contributed by atoms with Gasteiger partial charge in [0.2, 0.25) is 0 Å². The Morgan fingerprint density at radius 3 is 2.64 bits per heavy atom. The minimum atomic E-state index is -0.705.